The minimum absolute atomic E-state index is 0.0148. The monoisotopic (exact) mass is 493 g/mol. The number of rotatable bonds is 5. The number of hydrogen-bond acceptors (Lipinski definition) is 3. The number of carbonyl (C=O) groups excluding carboxylic acids is 1. The van der Waals surface area contributed by atoms with Crippen molar-refractivity contribution in [1.29, 1.82) is 0 Å². The molecule has 1 fully saturated rings. The average Bonchev–Trinajstić information content (AvgIpc) is 2.90. The lowest BCUT2D eigenvalue weighted by atomic mass is 9.87. The molecule has 4 aromatic rings. The van der Waals surface area contributed by atoms with E-state index < -0.39 is 0 Å². The van der Waals surface area contributed by atoms with Crippen molar-refractivity contribution in [3.8, 4) is 11.1 Å². The molecule has 0 saturated carbocycles. The van der Waals surface area contributed by atoms with Gasteiger partial charge in [0.15, 0.2) is 0 Å². The second-order valence-corrected chi connectivity index (χ2v) is 10.7. The average molecular weight is 494 g/mol. The van der Waals surface area contributed by atoms with Crippen LogP contribution in [0.4, 0.5) is 16.2 Å². The van der Waals surface area contributed by atoms with E-state index in [-0.39, 0.29) is 11.4 Å². The maximum atomic E-state index is 12.9. The molecule has 0 atom stereocenters. The number of morpholine rings is 1. The van der Waals surface area contributed by atoms with Crippen LogP contribution in [0.2, 0.25) is 0 Å². The van der Waals surface area contributed by atoms with Gasteiger partial charge in [0.2, 0.25) is 0 Å². The molecule has 2 amide bonds. The van der Waals surface area contributed by atoms with Gasteiger partial charge in [-0.1, -0.05) is 87.5 Å². The number of hydrogen-bond donors (Lipinski definition) is 2. The van der Waals surface area contributed by atoms with Gasteiger partial charge in [-0.3, -0.25) is 4.90 Å². The molecule has 4 aromatic carbocycles. The Morgan fingerprint density at radius 2 is 1.57 bits per heavy atom. The topological polar surface area (TPSA) is 53.6 Å². The molecule has 0 radical (unpaired) electrons. The number of nitrogens with zero attached hydrogens (tertiary/aromatic N) is 1. The predicted octanol–water partition coefficient (Wildman–Crippen LogP) is 7.28. The van der Waals surface area contributed by atoms with Crippen LogP contribution in [0.5, 0.6) is 0 Å². The van der Waals surface area contributed by atoms with Gasteiger partial charge in [0.05, 0.1) is 18.9 Å². The van der Waals surface area contributed by atoms with Crippen molar-refractivity contribution in [2.24, 2.45) is 0 Å². The number of benzene rings is 4. The first kappa shape index (κ1) is 25.0. The molecule has 5 heteroatoms. The van der Waals surface area contributed by atoms with Crippen molar-refractivity contribution in [3.05, 3.63) is 96.1 Å². The van der Waals surface area contributed by atoms with E-state index in [1.165, 1.54) is 11.1 Å². The van der Waals surface area contributed by atoms with Gasteiger partial charge < -0.3 is 15.4 Å². The van der Waals surface area contributed by atoms with Crippen molar-refractivity contribution in [2.45, 2.75) is 32.7 Å². The van der Waals surface area contributed by atoms with E-state index >= 15 is 0 Å². The molecule has 190 valence electrons. The van der Waals surface area contributed by atoms with Crippen LogP contribution in [-0.4, -0.2) is 37.2 Å². The van der Waals surface area contributed by atoms with E-state index in [0.29, 0.717) is 0 Å². The summed E-state index contributed by atoms with van der Waals surface area (Å²) in [5.74, 6) is 0. The summed E-state index contributed by atoms with van der Waals surface area (Å²) in [6, 6.07) is 28.9. The Balaban J connectivity index is 1.34. The number of anilines is 2. The maximum absolute atomic E-state index is 12.9. The summed E-state index contributed by atoms with van der Waals surface area (Å²) in [6.07, 6.45) is 0. The summed E-state index contributed by atoms with van der Waals surface area (Å²) in [5.41, 5.74) is 6.38. The highest BCUT2D eigenvalue weighted by atomic mass is 16.5. The zero-order chi connectivity index (χ0) is 25.8. The Bertz CT molecular complexity index is 1380. The summed E-state index contributed by atoms with van der Waals surface area (Å²) in [7, 11) is 0. The van der Waals surface area contributed by atoms with E-state index in [2.05, 4.69) is 84.8 Å². The van der Waals surface area contributed by atoms with Crippen molar-refractivity contribution in [1.82, 2.24) is 4.90 Å². The standard InChI is InChI=1S/C32H35N3O2/c1-32(2,3)25-7-6-8-26(21-25)33-31(36)34-30-16-15-27(28-9-4-5-10-29(28)30)24-13-11-23(12-14-24)22-35-17-19-37-20-18-35/h4-16,21H,17-20,22H2,1-3H3,(H2,33,34,36). The molecule has 1 aliphatic rings. The third kappa shape index (κ3) is 6.01. The first-order valence-corrected chi connectivity index (χ1v) is 13.0. The quantitative estimate of drug-likeness (QED) is 0.307. The molecule has 0 bridgehead atoms. The van der Waals surface area contributed by atoms with Crippen LogP contribution in [0.25, 0.3) is 21.9 Å². The smallest absolute Gasteiger partial charge is 0.323 e. The number of urea groups is 1. The number of nitrogens with one attached hydrogen (secondary N) is 2. The van der Waals surface area contributed by atoms with Crippen molar-refractivity contribution < 1.29 is 9.53 Å². The van der Waals surface area contributed by atoms with Crippen molar-refractivity contribution >= 4 is 28.2 Å². The normalized spacial score (nSPS) is 14.5. The lowest BCUT2D eigenvalue weighted by Gasteiger charge is -2.26. The summed E-state index contributed by atoms with van der Waals surface area (Å²) in [6.45, 7) is 11.0. The van der Waals surface area contributed by atoms with Gasteiger partial charge >= 0.3 is 6.03 Å². The van der Waals surface area contributed by atoms with E-state index in [1.807, 2.05) is 36.4 Å². The summed E-state index contributed by atoms with van der Waals surface area (Å²) in [5, 5.41) is 8.17. The Morgan fingerprint density at radius 3 is 2.30 bits per heavy atom. The van der Waals surface area contributed by atoms with E-state index in [0.717, 1.165) is 66.1 Å². The molecule has 1 aliphatic heterocycles. The van der Waals surface area contributed by atoms with Gasteiger partial charge in [-0.15, -0.1) is 0 Å². The number of amides is 2. The van der Waals surface area contributed by atoms with Gasteiger partial charge in [-0.05, 0) is 51.3 Å². The van der Waals surface area contributed by atoms with E-state index in [1.54, 1.807) is 0 Å². The molecular weight excluding hydrogens is 458 g/mol. The highest BCUT2D eigenvalue weighted by molar-refractivity contribution is 6.09. The largest absolute Gasteiger partial charge is 0.379 e. The van der Waals surface area contributed by atoms with Crippen LogP contribution in [-0.2, 0) is 16.7 Å². The predicted molar refractivity (Wildman–Crippen MR) is 153 cm³/mol. The Kier molecular flexibility index (Phi) is 7.26. The van der Waals surface area contributed by atoms with Crippen molar-refractivity contribution in [2.75, 3.05) is 36.9 Å². The van der Waals surface area contributed by atoms with Crippen LogP contribution in [0.15, 0.2) is 84.9 Å². The summed E-state index contributed by atoms with van der Waals surface area (Å²) < 4.78 is 5.46. The summed E-state index contributed by atoms with van der Waals surface area (Å²) in [4.78, 5) is 15.3. The Hall–Kier alpha value is -3.67. The highest BCUT2D eigenvalue weighted by Gasteiger charge is 2.15. The third-order valence-corrected chi connectivity index (χ3v) is 6.93. The fourth-order valence-electron chi connectivity index (χ4n) is 4.82. The molecule has 1 heterocycles. The van der Waals surface area contributed by atoms with Crippen LogP contribution in [0, 0.1) is 0 Å². The van der Waals surface area contributed by atoms with Crippen LogP contribution in [0.1, 0.15) is 31.9 Å². The maximum Gasteiger partial charge on any atom is 0.323 e. The molecule has 2 N–H and O–H groups in total. The van der Waals surface area contributed by atoms with E-state index in [9.17, 15) is 4.79 Å². The SMILES string of the molecule is CC(C)(C)c1cccc(NC(=O)Nc2ccc(-c3ccc(CN4CCOCC4)cc3)c3ccccc23)c1. The summed E-state index contributed by atoms with van der Waals surface area (Å²) >= 11 is 0. The van der Waals surface area contributed by atoms with Gasteiger partial charge in [-0.2, -0.15) is 0 Å². The van der Waals surface area contributed by atoms with E-state index in [4.69, 9.17) is 4.74 Å². The number of carbonyl (C=O) groups is 1. The van der Waals surface area contributed by atoms with Crippen molar-refractivity contribution in [3.63, 3.8) is 0 Å². The molecule has 37 heavy (non-hydrogen) atoms. The molecule has 1 saturated heterocycles. The minimum Gasteiger partial charge on any atom is -0.379 e. The zero-order valence-corrected chi connectivity index (χ0v) is 21.9. The number of fused-ring (bicyclic) bond motifs is 1. The van der Waals surface area contributed by atoms with Crippen LogP contribution in [0.3, 0.4) is 0 Å². The van der Waals surface area contributed by atoms with Crippen LogP contribution >= 0.6 is 0 Å². The lowest BCUT2D eigenvalue weighted by Crippen LogP contribution is -2.35. The first-order valence-electron chi connectivity index (χ1n) is 13.0. The number of ether oxygens (including phenoxy) is 1. The second-order valence-electron chi connectivity index (χ2n) is 10.7. The Morgan fingerprint density at radius 1 is 0.838 bits per heavy atom. The molecule has 0 aliphatic carbocycles. The molecule has 0 spiro atoms. The van der Waals surface area contributed by atoms with Gasteiger partial charge in [0, 0.05) is 30.7 Å². The first-order chi connectivity index (χ1) is 17.9. The highest BCUT2D eigenvalue weighted by Crippen LogP contribution is 2.34. The lowest BCUT2D eigenvalue weighted by molar-refractivity contribution is 0.0342. The molecule has 0 unspecified atom stereocenters. The fraction of sp³-hybridized carbons (Fsp3) is 0.281. The third-order valence-electron chi connectivity index (χ3n) is 6.93. The molecule has 5 rings (SSSR count). The zero-order valence-electron chi connectivity index (χ0n) is 21.9. The Labute approximate surface area is 219 Å². The second kappa shape index (κ2) is 10.8. The molecule has 5 nitrogen and oxygen atoms in total. The minimum atomic E-state index is -0.253. The van der Waals surface area contributed by atoms with Gasteiger partial charge in [0.25, 0.3) is 0 Å². The van der Waals surface area contributed by atoms with Crippen LogP contribution < -0.4 is 10.6 Å². The molecule has 0 aromatic heterocycles. The molecular formula is C32H35N3O2. The fourth-order valence-corrected chi connectivity index (χ4v) is 4.82. The van der Waals surface area contributed by atoms with Gasteiger partial charge in [-0.25, -0.2) is 4.79 Å². The van der Waals surface area contributed by atoms with Gasteiger partial charge in [0.1, 0.15) is 0 Å².